The zero-order valence-electron chi connectivity index (χ0n) is 16.7. The highest BCUT2D eigenvalue weighted by Crippen LogP contribution is 2.29. The van der Waals surface area contributed by atoms with Crippen LogP contribution in [0.2, 0.25) is 0 Å². The lowest BCUT2D eigenvalue weighted by Gasteiger charge is -2.34. The maximum absolute atomic E-state index is 12.9. The molecule has 6 heteroatoms. The summed E-state index contributed by atoms with van der Waals surface area (Å²) in [4.78, 5) is 16.6. The highest BCUT2D eigenvalue weighted by Gasteiger charge is 2.30. The summed E-state index contributed by atoms with van der Waals surface area (Å²) < 4.78 is 38.6. The van der Waals surface area contributed by atoms with Gasteiger partial charge < -0.3 is 9.80 Å². The molecule has 0 bridgehead atoms. The van der Waals surface area contributed by atoms with Crippen molar-refractivity contribution in [3.8, 4) is 0 Å². The number of hydrogen-bond acceptors (Lipinski definition) is 2. The summed E-state index contributed by atoms with van der Waals surface area (Å²) in [6.45, 7) is 3.24. The molecule has 3 rings (SSSR count). The molecular formula is C23H27F3N2O. The van der Waals surface area contributed by atoms with Crippen LogP contribution in [-0.4, -0.2) is 48.9 Å². The van der Waals surface area contributed by atoms with Gasteiger partial charge in [-0.25, -0.2) is 0 Å². The highest BCUT2D eigenvalue weighted by atomic mass is 19.4. The summed E-state index contributed by atoms with van der Waals surface area (Å²) in [5.41, 5.74) is 0.804. The predicted octanol–water partition coefficient (Wildman–Crippen LogP) is 4.73. The maximum atomic E-state index is 12.9. The first-order valence-corrected chi connectivity index (χ1v) is 10.0. The molecule has 1 heterocycles. The van der Waals surface area contributed by atoms with Gasteiger partial charge in [-0.2, -0.15) is 13.2 Å². The Balaban J connectivity index is 1.51. The molecule has 1 aliphatic rings. The minimum absolute atomic E-state index is 0.0201. The van der Waals surface area contributed by atoms with E-state index in [1.165, 1.54) is 12.1 Å². The van der Waals surface area contributed by atoms with Gasteiger partial charge in [-0.05, 0) is 55.5 Å². The van der Waals surface area contributed by atoms with Crippen LogP contribution in [0.4, 0.5) is 13.2 Å². The number of nitrogens with zero attached hydrogens (tertiary/aromatic N) is 2. The third kappa shape index (κ3) is 6.07. The van der Waals surface area contributed by atoms with Crippen LogP contribution in [-0.2, 0) is 12.6 Å². The second kappa shape index (κ2) is 9.44. The van der Waals surface area contributed by atoms with Gasteiger partial charge in [-0.3, -0.25) is 4.79 Å². The lowest BCUT2D eigenvalue weighted by atomic mass is 9.96. The number of halogens is 3. The van der Waals surface area contributed by atoms with E-state index in [9.17, 15) is 18.0 Å². The molecule has 0 aromatic heterocycles. The van der Waals surface area contributed by atoms with Gasteiger partial charge in [0.1, 0.15) is 0 Å². The molecule has 1 aliphatic heterocycles. The van der Waals surface area contributed by atoms with E-state index in [1.54, 1.807) is 11.0 Å². The first kappa shape index (κ1) is 21.4. The van der Waals surface area contributed by atoms with Crippen molar-refractivity contribution in [2.75, 3.05) is 33.2 Å². The van der Waals surface area contributed by atoms with Gasteiger partial charge in [0.2, 0.25) is 0 Å². The van der Waals surface area contributed by atoms with Crippen LogP contribution in [0.5, 0.6) is 0 Å². The normalized spacial score (nSPS) is 17.9. The average molecular weight is 404 g/mol. The zero-order valence-corrected chi connectivity index (χ0v) is 16.7. The molecule has 0 spiro atoms. The van der Waals surface area contributed by atoms with Crippen LogP contribution < -0.4 is 0 Å². The van der Waals surface area contributed by atoms with Crippen molar-refractivity contribution in [3.63, 3.8) is 0 Å². The predicted molar refractivity (Wildman–Crippen MR) is 108 cm³/mol. The Kier molecular flexibility index (Phi) is 6.96. The molecular weight excluding hydrogens is 377 g/mol. The van der Waals surface area contributed by atoms with Crippen molar-refractivity contribution in [2.24, 2.45) is 5.92 Å². The van der Waals surface area contributed by atoms with E-state index in [0.29, 0.717) is 30.0 Å². The highest BCUT2D eigenvalue weighted by molar-refractivity contribution is 5.93. The average Bonchev–Trinajstić information content (AvgIpc) is 2.72. The van der Waals surface area contributed by atoms with Gasteiger partial charge >= 0.3 is 6.18 Å². The Labute approximate surface area is 170 Å². The minimum atomic E-state index is -4.30. The first-order valence-electron chi connectivity index (χ1n) is 10.0. The van der Waals surface area contributed by atoms with Crippen molar-refractivity contribution in [2.45, 2.75) is 25.4 Å². The molecule has 2 aromatic rings. The largest absolute Gasteiger partial charge is 0.416 e. The fourth-order valence-electron chi connectivity index (χ4n) is 3.97. The standard InChI is InChI=1S/C23H27F3N2O/c1-27(22(29)20-9-3-2-4-10-20)16-19-8-6-13-28(17-19)14-12-18-7-5-11-21(15-18)23(24,25)26/h2-5,7,9-11,15,19H,6,8,12-14,16-17H2,1H3. The van der Waals surface area contributed by atoms with Gasteiger partial charge in [0, 0.05) is 32.2 Å². The molecule has 2 aromatic carbocycles. The van der Waals surface area contributed by atoms with Crippen molar-refractivity contribution in [1.29, 1.82) is 0 Å². The molecule has 0 N–H and O–H groups in total. The van der Waals surface area contributed by atoms with Crippen molar-refractivity contribution < 1.29 is 18.0 Å². The zero-order chi connectivity index (χ0) is 20.9. The topological polar surface area (TPSA) is 23.6 Å². The van der Waals surface area contributed by atoms with Crippen molar-refractivity contribution in [3.05, 3.63) is 71.3 Å². The molecule has 1 unspecified atom stereocenters. The number of piperidine rings is 1. The van der Waals surface area contributed by atoms with Gasteiger partial charge in [0.05, 0.1) is 5.56 Å². The minimum Gasteiger partial charge on any atom is -0.341 e. The SMILES string of the molecule is CN(CC1CCCN(CCc2cccc(C(F)(F)F)c2)C1)C(=O)c1ccccc1. The molecule has 0 aliphatic carbocycles. The molecule has 1 amide bonds. The first-order chi connectivity index (χ1) is 13.8. The van der Waals surface area contributed by atoms with Crippen LogP contribution in [0.3, 0.4) is 0 Å². The van der Waals surface area contributed by atoms with E-state index in [4.69, 9.17) is 0 Å². The van der Waals surface area contributed by atoms with Crippen LogP contribution in [0.1, 0.15) is 34.3 Å². The number of carbonyl (C=O) groups excluding carboxylic acids is 1. The Morgan fingerprint density at radius 2 is 1.90 bits per heavy atom. The number of carbonyl (C=O) groups is 1. The molecule has 29 heavy (non-hydrogen) atoms. The molecule has 3 nitrogen and oxygen atoms in total. The summed E-state index contributed by atoms with van der Waals surface area (Å²) in [6.07, 6.45) is -1.61. The van der Waals surface area contributed by atoms with E-state index in [0.717, 1.165) is 38.5 Å². The van der Waals surface area contributed by atoms with Crippen molar-refractivity contribution >= 4 is 5.91 Å². The van der Waals surface area contributed by atoms with Crippen LogP contribution in [0.25, 0.3) is 0 Å². The lowest BCUT2D eigenvalue weighted by molar-refractivity contribution is -0.137. The summed E-state index contributed by atoms with van der Waals surface area (Å²) in [6, 6.07) is 14.8. The Bertz CT molecular complexity index is 807. The molecule has 0 radical (unpaired) electrons. The number of benzene rings is 2. The number of rotatable bonds is 6. The Hall–Kier alpha value is -2.34. The van der Waals surface area contributed by atoms with Gasteiger partial charge in [0.25, 0.3) is 5.91 Å². The van der Waals surface area contributed by atoms with E-state index in [2.05, 4.69) is 4.90 Å². The fraction of sp³-hybridized carbons (Fsp3) is 0.435. The van der Waals surface area contributed by atoms with Crippen LogP contribution in [0, 0.1) is 5.92 Å². The molecule has 0 saturated carbocycles. The van der Waals surface area contributed by atoms with Crippen LogP contribution >= 0.6 is 0 Å². The number of hydrogen-bond donors (Lipinski definition) is 0. The van der Waals surface area contributed by atoms with Gasteiger partial charge in [0.15, 0.2) is 0 Å². The molecule has 156 valence electrons. The smallest absolute Gasteiger partial charge is 0.341 e. The second-order valence-electron chi connectivity index (χ2n) is 7.81. The summed E-state index contributed by atoms with van der Waals surface area (Å²) >= 11 is 0. The molecule has 1 saturated heterocycles. The summed E-state index contributed by atoms with van der Waals surface area (Å²) in [5.74, 6) is 0.398. The molecule has 1 fully saturated rings. The Morgan fingerprint density at radius 1 is 1.14 bits per heavy atom. The maximum Gasteiger partial charge on any atom is 0.416 e. The third-order valence-corrected chi connectivity index (χ3v) is 5.47. The monoisotopic (exact) mass is 404 g/mol. The molecule has 1 atom stereocenters. The summed E-state index contributed by atoms with van der Waals surface area (Å²) in [7, 11) is 1.83. The quantitative estimate of drug-likeness (QED) is 0.695. The van der Waals surface area contributed by atoms with E-state index >= 15 is 0 Å². The summed E-state index contributed by atoms with van der Waals surface area (Å²) in [5, 5.41) is 0. The van der Waals surface area contributed by atoms with Crippen LogP contribution in [0.15, 0.2) is 54.6 Å². The Morgan fingerprint density at radius 3 is 2.62 bits per heavy atom. The fourth-order valence-corrected chi connectivity index (χ4v) is 3.97. The van der Waals surface area contributed by atoms with E-state index in [-0.39, 0.29) is 5.91 Å². The second-order valence-corrected chi connectivity index (χ2v) is 7.81. The number of likely N-dealkylation sites (tertiary alicyclic amines) is 1. The van der Waals surface area contributed by atoms with Gasteiger partial charge in [-0.1, -0.05) is 36.4 Å². The third-order valence-electron chi connectivity index (χ3n) is 5.47. The van der Waals surface area contributed by atoms with Gasteiger partial charge in [-0.15, -0.1) is 0 Å². The van der Waals surface area contributed by atoms with E-state index in [1.807, 2.05) is 37.4 Å². The lowest BCUT2D eigenvalue weighted by Crippen LogP contribution is -2.42. The number of amides is 1. The van der Waals surface area contributed by atoms with E-state index < -0.39 is 11.7 Å². The number of alkyl halides is 3. The van der Waals surface area contributed by atoms with Crippen molar-refractivity contribution in [1.82, 2.24) is 9.80 Å².